The highest BCUT2D eigenvalue weighted by Gasteiger charge is 2.29. The van der Waals surface area contributed by atoms with E-state index in [1.54, 1.807) is 34.4 Å². The Hall–Kier alpha value is -3.88. The maximum Gasteiger partial charge on any atom is 0.358 e. The number of imidazole rings is 1. The van der Waals surface area contributed by atoms with E-state index < -0.39 is 11.8 Å². The largest absolute Gasteiger partial charge is 0.461 e. The van der Waals surface area contributed by atoms with Gasteiger partial charge in [0.15, 0.2) is 5.69 Å². The molecule has 0 radical (unpaired) electrons. The number of carbonyl (C=O) groups is 1. The van der Waals surface area contributed by atoms with Crippen LogP contribution in [0.5, 0.6) is 0 Å². The number of hydrogen-bond acceptors (Lipinski definition) is 5. The van der Waals surface area contributed by atoms with Crippen molar-refractivity contribution >= 4 is 5.97 Å². The normalized spacial score (nSPS) is 12.0. The first-order chi connectivity index (χ1) is 15.0. The van der Waals surface area contributed by atoms with Crippen LogP contribution in [-0.4, -0.2) is 37.1 Å². The van der Waals surface area contributed by atoms with Crippen LogP contribution < -0.4 is 0 Å². The smallest absolute Gasteiger partial charge is 0.358 e. The minimum absolute atomic E-state index is 0.194. The fraction of sp³-hybridized carbons (Fsp3) is 0.182. The minimum Gasteiger partial charge on any atom is -0.461 e. The summed E-state index contributed by atoms with van der Waals surface area (Å²) in [5, 5.41) is 8.57. The monoisotopic (exact) mass is 421 g/mol. The van der Waals surface area contributed by atoms with E-state index in [1.807, 2.05) is 0 Å². The average Bonchev–Trinajstić information content (AvgIpc) is 3.32. The number of hydrogen-bond donors (Lipinski definition) is 0. The van der Waals surface area contributed by atoms with E-state index in [1.165, 1.54) is 30.6 Å². The van der Waals surface area contributed by atoms with Gasteiger partial charge in [-0.15, -0.1) is 5.10 Å². The van der Waals surface area contributed by atoms with Crippen LogP contribution in [-0.2, 0) is 17.6 Å². The molecule has 0 unspecified atom stereocenters. The van der Waals surface area contributed by atoms with Gasteiger partial charge in [-0.1, -0.05) is 17.3 Å². The molecule has 0 atom stereocenters. The molecule has 9 heteroatoms. The van der Waals surface area contributed by atoms with Crippen molar-refractivity contribution in [2.24, 2.45) is 0 Å². The van der Waals surface area contributed by atoms with E-state index in [2.05, 4.69) is 15.3 Å². The molecule has 0 aliphatic carbocycles. The van der Waals surface area contributed by atoms with E-state index in [0.29, 0.717) is 34.9 Å². The number of rotatable bonds is 4. The lowest BCUT2D eigenvalue weighted by Gasteiger charge is -2.09. The molecule has 0 saturated carbocycles. The SMILES string of the molecule is CCOC(=O)c1ncn2c1Cc1c(Cc3ccc(F)cc3)nnn1-c1cc(F)ccc1-2. The molecule has 3 heterocycles. The lowest BCUT2D eigenvalue weighted by Crippen LogP contribution is -2.11. The Labute approximate surface area is 175 Å². The summed E-state index contributed by atoms with van der Waals surface area (Å²) >= 11 is 0. The van der Waals surface area contributed by atoms with E-state index >= 15 is 0 Å². The van der Waals surface area contributed by atoms with Crippen LogP contribution in [0.15, 0.2) is 48.8 Å². The molecule has 0 spiro atoms. The second kappa shape index (κ2) is 7.42. The van der Waals surface area contributed by atoms with Crippen LogP contribution in [0.1, 0.15) is 40.1 Å². The van der Waals surface area contributed by atoms with Crippen LogP contribution in [0, 0.1) is 11.6 Å². The van der Waals surface area contributed by atoms with Crippen molar-refractivity contribution in [3.05, 3.63) is 88.8 Å². The fourth-order valence-corrected chi connectivity index (χ4v) is 3.78. The van der Waals surface area contributed by atoms with Gasteiger partial charge in [0.1, 0.15) is 18.0 Å². The summed E-state index contributed by atoms with van der Waals surface area (Å²) in [6.07, 6.45) is 2.22. The van der Waals surface area contributed by atoms with Gasteiger partial charge < -0.3 is 4.74 Å². The molecule has 1 aliphatic heterocycles. The molecule has 1 aliphatic rings. The van der Waals surface area contributed by atoms with Gasteiger partial charge in [0, 0.05) is 18.9 Å². The first kappa shape index (κ1) is 19.1. The van der Waals surface area contributed by atoms with Crippen molar-refractivity contribution in [3.63, 3.8) is 0 Å². The predicted octanol–water partition coefficient (Wildman–Crippen LogP) is 3.40. The molecule has 7 nitrogen and oxygen atoms in total. The number of halogens is 2. The molecule has 0 saturated heterocycles. The maximum atomic E-state index is 14.1. The van der Waals surface area contributed by atoms with Crippen molar-refractivity contribution in [1.82, 2.24) is 24.5 Å². The lowest BCUT2D eigenvalue weighted by atomic mass is 10.1. The van der Waals surface area contributed by atoms with Crippen LogP contribution in [0.3, 0.4) is 0 Å². The Morgan fingerprint density at radius 2 is 1.84 bits per heavy atom. The number of esters is 1. The van der Waals surface area contributed by atoms with E-state index in [9.17, 15) is 13.6 Å². The maximum absolute atomic E-state index is 14.1. The molecule has 156 valence electrons. The van der Waals surface area contributed by atoms with Crippen LogP contribution in [0.4, 0.5) is 8.78 Å². The molecule has 2 aromatic carbocycles. The van der Waals surface area contributed by atoms with Gasteiger partial charge in [-0.2, -0.15) is 0 Å². The molecule has 4 aromatic rings. The third-order valence-electron chi connectivity index (χ3n) is 5.22. The van der Waals surface area contributed by atoms with Crippen LogP contribution in [0.2, 0.25) is 0 Å². The molecular weight excluding hydrogens is 404 g/mol. The Bertz CT molecular complexity index is 1290. The molecule has 0 N–H and O–H groups in total. The Balaban J connectivity index is 1.67. The summed E-state index contributed by atoms with van der Waals surface area (Å²) in [4.78, 5) is 16.7. The number of benzene rings is 2. The standard InChI is InChI=1S/C22H17F2N5O2/c1-2-31-22(30)21-20-11-18-16(9-13-3-5-14(23)6-4-13)26-27-29(18)19-10-15(24)7-8-17(19)28(20)12-25-21/h3-8,10,12H,2,9,11H2,1H3. The van der Waals surface area contributed by atoms with E-state index in [4.69, 9.17) is 4.74 Å². The van der Waals surface area contributed by atoms with Crippen LogP contribution >= 0.6 is 0 Å². The fourth-order valence-electron chi connectivity index (χ4n) is 3.78. The zero-order valence-electron chi connectivity index (χ0n) is 16.5. The summed E-state index contributed by atoms with van der Waals surface area (Å²) in [5.41, 5.74) is 4.10. The van der Waals surface area contributed by atoms with Crippen molar-refractivity contribution in [2.75, 3.05) is 6.61 Å². The van der Waals surface area contributed by atoms with Gasteiger partial charge in [0.25, 0.3) is 0 Å². The molecular formula is C22H17F2N5O2. The Morgan fingerprint density at radius 1 is 1.06 bits per heavy atom. The zero-order valence-corrected chi connectivity index (χ0v) is 16.5. The third-order valence-corrected chi connectivity index (χ3v) is 5.22. The molecule has 0 fully saturated rings. The quantitative estimate of drug-likeness (QED) is 0.416. The second-order valence-electron chi connectivity index (χ2n) is 7.14. The first-order valence-corrected chi connectivity index (χ1v) is 9.76. The molecule has 31 heavy (non-hydrogen) atoms. The van der Waals surface area contributed by atoms with Gasteiger partial charge >= 0.3 is 5.97 Å². The van der Waals surface area contributed by atoms with Crippen LogP contribution in [0.25, 0.3) is 11.4 Å². The van der Waals surface area contributed by atoms with Gasteiger partial charge in [0.05, 0.1) is 35.1 Å². The number of carbonyl (C=O) groups excluding carboxylic acids is 1. The average molecular weight is 421 g/mol. The molecule has 0 bridgehead atoms. The van der Waals surface area contributed by atoms with Gasteiger partial charge in [-0.05, 0) is 36.8 Å². The van der Waals surface area contributed by atoms with Crippen molar-refractivity contribution in [3.8, 4) is 11.4 Å². The lowest BCUT2D eigenvalue weighted by molar-refractivity contribution is 0.0519. The van der Waals surface area contributed by atoms with Crippen molar-refractivity contribution in [2.45, 2.75) is 19.8 Å². The highest BCUT2D eigenvalue weighted by atomic mass is 19.1. The first-order valence-electron chi connectivity index (χ1n) is 9.76. The third kappa shape index (κ3) is 3.27. The summed E-state index contributed by atoms with van der Waals surface area (Å²) in [6, 6.07) is 10.5. The van der Waals surface area contributed by atoms with Crippen molar-refractivity contribution in [1.29, 1.82) is 0 Å². The highest BCUT2D eigenvalue weighted by Crippen LogP contribution is 2.31. The highest BCUT2D eigenvalue weighted by molar-refractivity contribution is 5.89. The Morgan fingerprint density at radius 3 is 2.61 bits per heavy atom. The van der Waals surface area contributed by atoms with Crippen molar-refractivity contribution < 1.29 is 18.3 Å². The van der Waals surface area contributed by atoms with E-state index in [-0.39, 0.29) is 24.5 Å². The number of aromatic nitrogens is 5. The van der Waals surface area contributed by atoms with E-state index in [0.717, 1.165) is 5.56 Å². The number of nitrogens with zero attached hydrogens (tertiary/aromatic N) is 5. The van der Waals surface area contributed by atoms with Gasteiger partial charge in [-0.25, -0.2) is 23.2 Å². The summed E-state index contributed by atoms with van der Waals surface area (Å²) in [5.74, 6) is -1.27. The molecule has 2 aromatic heterocycles. The zero-order chi connectivity index (χ0) is 21.5. The summed E-state index contributed by atoms with van der Waals surface area (Å²) in [6.45, 7) is 1.95. The molecule has 5 rings (SSSR count). The van der Waals surface area contributed by atoms with Gasteiger partial charge in [-0.3, -0.25) is 4.57 Å². The predicted molar refractivity (Wildman–Crippen MR) is 106 cm³/mol. The number of fused-ring (bicyclic) bond motifs is 5. The van der Waals surface area contributed by atoms with Gasteiger partial charge in [0.2, 0.25) is 0 Å². The molecule has 0 amide bonds. The minimum atomic E-state index is -0.527. The topological polar surface area (TPSA) is 74.8 Å². The number of ether oxygens (including phenoxy) is 1. The summed E-state index contributed by atoms with van der Waals surface area (Å²) < 4.78 is 35.9. The summed E-state index contributed by atoms with van der Waals surface area (Å²) in [7, 11) is 0. The second-order valence-corrected chi connectivity index (χ2v) is 7.14. The Kier molecular flexibility index (Phi) is 4.58.